The fraction of sp³-hybridized carbons (Fsp3) is 0.333. The molecule has 0 saturated carbocycles. The minimum absolute atomic E-state index is 0.143. The zero-order valence-corrected chi connectivity index (χ0v) is 14.2. The highest BCUT2D eigenvalue weighted by Gasteiger charge is 2.29. The fourth-order valence-electron chi connectivity index (χ4n) is 2.51. The van der Waals surface area contributed by atoms with E-state index in [9.17, 15) is 13.6 Å². The molecule has 0 bridgehead atoms. The van der Waals surface area contributed by atoms with Crippen molar-refractivity contribution < 1.29 is 18.3 Å². The summed E-state index contributed by atoms with van der Waals surface area (Å²) < 4.78 is 31.1. The molecule has 0 radical (unpaired) electrons. The summed E-state index contributed by atoms with van der Waals surface area (Å²) in [5.41, 5.74) is 7.78. The molecule has 0 aliphatic carbocycles. The molecule has 0 spiro atoms. The fourth-order valence-corrected chi connectivity index (χ4v) is 2.51. The summed E-state index contributed by atoms with van der Waals surface area (Å²) in [6, 6.07) is 6.89. The molecular weight excluding hydrogens is 328 g/mol. The Bertz CT molecular complexity index is 710. The first kappa shape index (κ1) is 18.6. The van der Waals surface area contributed by atoms with E-state index in [-0.39, 0.29) is 12.3 Å². The van der Waals surface area contributed by atoms with Crippen molar-refractivity contribution in [2.75, 3.05) is 13.7 Å². The third-order valence-electron chi connectivity index (χ3n) is 3.79. The van der Waals surface area contributed by atoms with Crippen LogP contribution in [0.2, 0.25) is 0 Å². The summed E-state index contributed by atoms with van der Waals surface area (Å²) in [4.78, 5) is 17.7. The number of nitrogens with two attached hydrogens (primary N) is 1. The Hall–Kier alpha value is -2.70. The van der Waals surface area contributed by atoms with E-state index < -0.39 is 13.0 Å². The molecule has 7 heteroatoms. The van der Waals surface area contributed by atoms with Gasteiger partial charge in [-0.05, 0) is 43.0 Å². The van der Waals surface area contributed by atoms with Gasteiger partial charge in [0, 0.05) is 24.6 Å². The van der Waals surface area contributed by atoms with Crippen LogP contribution >= 0.6 is 0 Å². The summed E-state index contributed by atoms with van der Waals surface area (Å²) in [6.07, 6.45) is 0.863. The van der Waals surface area contributed by atoms with Crippen molar-refractivity contribution in [1.29, 1.82) is 0 Å². The average Bonchev–Trinajstić information content (AvgIpc) is 2.61. The molecule has 0 unspecified atom stereocenters. The van der Waals surface area contributed by atoms with Gasteiger partial charge in [-0.25, -0.2) is 8.78 Å². The van der Waals surface area contributed by atoms with Gasteiger partial charge in [-0.2, -0.15) is 0 Å². The third-order valence-corrected chi connectivity index (χ3v) is 3.79. The first-order valence-corrected chi connectivity index (χ1v) is 7.85. The highest BCUT2D eigenvalue weighted by atomic mass is 19.3. The van der Waals surface area contributed by atoms with Gasteiger partial charge in [0.1, 0.15) is 5.75 Å². The Labute approximate surface area is 145 Å². The van der Waals surface area contributed by atoms with Crippen LogP contribution in [0.1, 0.15) is 25.3 Å². The molecule has 0 atom stereocenters. The standard InChI is InChI=1S/C18H21F2N3O2/c1-12(9-21)10-22-15-7-8-17(24)23(11-16(19)20)18(15)13-3-5-14(25-2)6-4-13/h3-6,9-10,16H,7-8,11,21H2,1-2H3. The van der Waals surface area contributed by atoms with E-state index in [1.807, 2.05) is 0 Å². The lowest BCUT2D eigenvalue weighted by Crippen LogP contribution is -2.36. The van der Waals surface area contributed by atoms with E-state index in [1.165, 1.54) is 6.20 Å². The molecule has 0 fully saturated rings. The number of benzene rings is 1. The smallest absolute Gasteiger partial charge is 0.256 e. The number of aliphatic imine (C=N–C) groups is 1. The van der Waals surface area contributed by atoms with Crippen molar-refractivity contribution in [2.45, 2.75) is 26.2 Å². The number of amides is 1. The molecule has 1 aliphatic heterocycles. The summed E-state index contributed by atoms with van der Waals surface area (Å²) in [7, 11) is 1.54. The van der Waals surface area contributed by atoms with Gasteiger partial charge in [0.15, 0.2) is 0 Å². The monoisotopic (exact) mass is 349 g/mol. The minimum Gasteiger partial charge on any atom is -0.497 e. The Morgan fingerprint density at radius 1 is 1.36 bits per heavy atom. The summed E-state index contributed by atoms with van der Waals surface area (Å²) in [6.45, 7) is 1.12. The highest BCUT2D eigenvalue weighted by Crippen LogP contribution is 2.33. The lowest BCUT2D eigenvalue weighted by Gasteiger charge is -2.31. The number of halogens is 2. The molecular formula is C18H21F2N3O2. The van der Waals surface area contributed by atoms with E-state index in [2.05, 4.69) is 4.99 Å². The lowest BCUT2D eigenvalue weighted by molar-refractivity contribution is -0.130. The number of carbonyl (C=O) groups is 1. The number of methoxy groups -OCH3 is 1. The molecule has 134 valence electrons. The van der Waals surface area contributed by atoms with Crippen LogP contribution in [0.4, 0.5) is 8.78 Å². The quantitative estimate of drug-likeness (QED) is 0.802. The van der Waals surface area contributed by atoms with Gasteiger partial charge in [0.25, 0.3) is 6.43 Å². The zero-order chi connectivity index (χ0) is 18.4. The number of rotatable bonds is 6. The summed E-state index contributed by atoms with van der Waals surface area (Å²) >= 11 is 0. The van der Waals surface area contributed by atoms with Gasteiger partial charge in [-0.3, -0.25) is 9.79 Å². The van der Waals surface area contributed by atoms with Crippen LogP contribution in [-0.4, -0.2) is 37.1 Å². The largest absolute Gasteiger partial charge is 0.497 e. The van der Waals surface area contributed by atoms with Crippen LogP contribution in [-0.2, 0) is 4.79 Å². The van der Waals surface area contributed by atoms with Gasteiger partial charge in [-0.15, -0.1) is 0 Å². The molecule has 25 heavy (non-hydrogen) atoms. The second kappa shape index (κ2) is 8.41. The van der Waals surface area contributed by atoms with Gasteiger partial charge in [0.2, 0.25) is 5.91 Å². The van der Waals surface area contributed by atoms with Crippen molar-refractivity contribution >= 4 is 17.8 Å². The Morgan fingerprint density at radius 3 is 2.60 bits per heavy atom. The molecule has 1 heterocycles. The molecule has 2 rings (SSSR count). The minimum atomic E-state index is -2.63. The molecule has 0 saturated heterocycles. The van der Waals surface area contributed by atoms with Crippen molar-refractivity contribution in [3.63, 3.8) is 0 Å². The Balaban J connectivity index is 2.53. The molecule has 1 aliphatic rings. The van der Waals surface area contributed by atoms with Crippen molar-refractivity contribution in [3.8, 4) is 5.75 Å². The van der Waals surface area contributed by atoms with Crippen LogP contribution in [0.5, 0.6) is 5.75 Å². The number of ether oxygens (including phenoxy) is 1. The predicted molar refractivity (Wildman–Crippen MR) is 93.3 cm³/mol. The van der Waals surface area contributed by atoms with Crippen LogP contribution in [0, 0.1) is 0 Å². The number of hydrogen-bond acceptors (Lipinski definition) is 4. The molecule has 0 aromatic heterocycles. The number of alkyl halides is 2. The number of nitrogens with zero attached hydrogens (tertiary/aromatic N) is 2. The number of carbonyl (C=O) groups excluding carboxylic acids is 1. The van der Waals surface area contributed by atoms with E-state index in [0.29, 0.717) is 29.1 Å². The van der Waals surface area contributed by atoms with Gasteiger partial charge in [-0.1, -0.05) is 0 Å². The maximum Gasteiger partial charge on any atom is 0.256 e. The van der Waals surface area contributed by atoms with E-state index in [0.717, 1.165) is 10.5 Å². The Kier molecular flexibility index (Phi) is 6.27. The average molecular weight is 349 g/mol. The van der Waals surface area contributed by atoms with Crippen LogP contribution in [0.15, 0.2) is 46.7 Å². The summed E-state index contributed by atoms with van der Waals surface area (Å²) in [5, 5.41) is 0. The highest BCUT2D eigenvalue weighted by molar-refractivity contribution is 5.91. The SMILES string of the molecule is COc1ccc(C2=C(N=CC(C)=CN)CCC(=O)N2CC(F)F)cc1. The Morgan fingerprint density at radius 2 is 2.04 bits per heavy atom. The number of hydrogen-bond donors (Lipinski definition) is 1. The second-order valence-electron chi connectivity index (χ2n) is 5.59. The third kappa shape index (κ3) is 4.65. The van der Waals surface area contributed by atoms with Crippen molar-refractivity contribution in [1.82, 2.24) is 4.90 Å². The van der Waals surface area contributed by atoms with Crippen molar-refractivity contribution in [3.05, 3.63) is 47.3 Å². The topological polar surface area (TPSA) is 67.9 Å². The molecule has 1 aromatic rings. The van der Waals surface area contributed by atoms with E-state index >= 15 is 0 Å². The first-order valence-electron chi connectivity index (χ1n) is 7.85. The first-order chi connectivity index (χ1) is 12.0. The maximum absolute atomic E-state index is 13.0. The van der Waals surface area contributed by atoms with E-state index in [4.69, 9.17) is 10.5 Å². The van der Waals surface area contributed by atoms with Gasteiger partial charge in [0.05, 0.1) is 25.0 Å². The lowest BCUT2D eigenvalue weighted by atomic mass is 10.0. The van der Waals surface area contributed by atoms with Gasteiger partial charge >= 0.3 is 0 Å². The molecule has 1 amide bonds. The van der Waals surface area contributed by atoms with Crippen molar-refractivity contribution in [2.24, 2.45) is 10.7 Å². The molecule has 2 N–H and O–H groups in total. The van der Waals surface area contributed by atoms with Crippen LogP contribution in [0.25, 0.3) is 5.70 Å². The van der Waals surface area contributed by atoms with Gasteiger partial charge < -0.3 is 15.4 Å². The molecule has 1 aromatic carbocycles. The van der Waals surface area contributed by atoms with Crippen LogP contribution < -0.4 is 10.5 Å². The van der Waals surface area contributed by atoms with E-state index in [1.54, 1.807) is 44.5 Å². The van der Waals surface area contributed by atoms with Crippen LogP contribution in [0.3, 0.4) is 0 Å². The number of allylic oxidation sites excluding steroid dienone is 2. The predicted octanol–water partition coefficient (Wildman–Crippen LogP) is 3.18. The maximum atomic E-state index is 13.0. The second-order valence-corrected chi connectivity index (χ2v) is 5.59. The normalized spacial score (nSPS) is 16.3. The molecule has 5 nitrogen and oxygen atoms in total. The zero-order valence-electron chi connectivity index (χ0n) is 14.2. The summed E-state index contributed by atoms with van der Waals surface area (Å²) in [5.74, 6) is 0.301.